The maximum atomic E-state index is 12.9. The summed E-state index contributed by atoms with van der Waals surface area (Å²) in [6, 6.07) is 0. The van der Waals surface area contributed by atoms with E-state index < -0.39 is 24.3 Å². The van der Waals surface area contributed by atoms with Gasteiger partial charge in [0, 0.05) is 12.8 Å². The first kappa shape index (κ1) is 79.5. The molecule has 9 nitrogen and oxygen atoms in total. The maximum absolute atomic E-state index is 12.9. The van der Waals surface area contributed by atoms with Crippen LogP contribution >= 0.6 is 0 Å². The third kappa shape index (κ3) is 65.9. The standard InChI is InChI=1S/C74H131NO8/c1-6-8-10-12-14-16-18-20-22-24-26-28-29-30-31-32-33-34-35-36-37-38-39-40-41-42-43-45-46-48-50-52-54-56-58-60-62-64-71(76)81-68-70(69-82-74(73(78)79)80-67-66-75(3,4)5)83-72(77)65-63-61-59-57-55-53-51-49-47-44-27-25-23-21-19-17-15-13-11-9-7-2/h9,11,15,17-18,20-21,23-24,26-27,44,49,51,70,74H,6-8,10,12-14,16,19,22,25,28-43,45-48,50,52-69H2,1-5H3/b11-9-,17-15-,20-18-,23-21-,26-24-,44-27-,51-49-. The van der Waals surface area contributed by atoms with Gasteiger partial charge in [-0.3, -0.25) is 9.59 Å². The molecule has 0 fully saturated rings. The molecule has 0 aliphatic carbocycles. The number of carbonyl (C=O) groups is 3. The van der Waals surface area contributed by atoms with Gasteiger partial charge in [-0.1, -0.05) is 292 Å². The Morgan fingerprint density at radius 1 is 0.373 bits per heavy atom. The molecule has 0 spiro atoms. The first-order valence-electron chi connectivity index (χ1n) is 34.7. The molecule has 83 heavy (non-hydrogen) atoms. The predicted octanol–water partition coefficient (Wildman–Crippen LogP) is 20.1. The molecule has 0 saturated heterocycles. The number of rotatable bonds is 64. The van der Waals surface area contributed by atoms with Crippen molar-refractivity contribution in [2.75, 3.05) is 47.5 Å². The van der Waals surface area contributed by atoms with Crippen LogP contribution in [0.2, 0.25) is 0 Å². The zero-order chi connectivity index (χ0) is 60.5. The number of nitrogens with zero attached hydrogens (tertiary/aromatic N) is 1. The largest absolute Gasteiger partial charge is 0.545 e. The SMILES string of the molecule is CC/C=C\C/C=C\C/C=C\C/C=C\C/C=C\CCCCCCCC(=O)OC(COC(=O)CCCCCCCCCCCCCCCCCCCCCCCCCCC/C=C\C/C=C\CCCCCCC)COC(OCC[N+](C)(C)C)C(=O)[O-]. The summed E-state index contributed by atoms with van der Waals surface area (Å²) in [4.78, 5) is 37.4. The second kappa shape index (κ2) is 64.5. The molecule has 2 unspecified atom stereocenters. The van der Waals surface area contributed by atoms with Crippen molar-refractivity contribution in [2.45, 2.75) is 322 Å². The monoisotopic (exact) mass is 1160 g/mol. The average molecular weight is 1160 g/mol. The van der Waals surface area contributed by atoms with Gasteiger partial charge in [0.2, 0.25) is 0 Å². The molecule has 0 saturated carbocycles. The van der Waals surface area contributed by atoms with Crippen LogP contribution in [-0.2, 0) is 33.3 Å². The molecule has 480 valence electrons. The van der Waals surface area contributed by atoms with Crippen molar-refractivity contribution in [3.05, 3.63) is 85.1 Å². The lowest BCUT2D eigenvalue weighted by molar-refractivity contribution is -0.870. The highest BCUT2D eigenvalue weighted by atomic mass is 16.7. The van der Waals surface area contributed by atoms with Crippen LogP contribution in [0.25, 0.3) is 0 Å². The maximum Gasteiger partial charge on any atom is 0.306 e. The number of carboxylic acid groups (broad SMARTS) is 1. The fourth-order valence-corrected chi connectivity index (χ4v) is 9.83. The zero-order valence-electron chi connectivity index (χ0n) is 54.8. The Morgan fingerprint density at radius 2 is 0.687 bits per heavy atom. The number of carboxylic acids is 1. The van der Waals surface area contributed by atoms with E-state index in [2.05, 4.69) is 98.9 Å². The molecule has 0 amide bonds. The van der Waals surface area contributed by atoms with Gasteiger partial charge < -0.3 is 33.3 Å². The Morgan fingerprint density at radius 3 is 1.02 bits per heavy atom. The van der Waals surface area contributed by atoms with Gasteiger partial charge in [-0.25, -0.2) is 0 Å². The van der Waals surface area contributed by atoms with Crippen LogP contribution in [0.5, 0.6) is 0 Å². The minimum absolute atomic E-state index is 0.141. The van der Waals surface area contributed by atoms with E-state index in [0.717, 1.165) is 89.9 Å². The topological polar surface area (TPSA) is 111 Å². The van der Waals surface area contributed by atoms with E-state index in [4.69, 9.17) is 18.9 Å². The Bertz CT molecular complexity index is 1640. The molecular formula is C74H131NO8. The lowest BCUT2D eigenvalue weighted by Gasteiger charge is -2.26. The summed E-state index contributed by atoms with van der Waals surface area (Å²) in [7, 11) is 5.92. The predicted molar refractivity (Wildman–Crippen MR) is 352 cm³/mol. The normalized spacial score (nSPS) is 13.2. The van der Waals surface area contributed by atoms with Crippen LogP contribution < -0.4 is 5.11 Å². The Labute approximate surface area is 512 Å². The van der Waals surface area contributed by atoms with Crippen molar-refractivity contribution < 1.29 is 42.9 Å². The van der Waals surface area contributed by atoms with Gasteiger partial charge in [0.25, 0.3) is 0 Å². The van der Waals surface area contributed by atoms with Crippen molar-refractivity contribution in [1.82, 2.24) is 0 Å². The van der Waals surface area contributed by atoms with Crippen LogP contribution in [0.15, 0.2) is 85.1 Å². The third-order valence-electron chi connectivity index (χ3n) is 15.1. The van der Waals surface area contributed by atoms with Gasteiger partial charge in [0.05, 0.1) is 40.3 Å². The average Bonchev–Trinajstić information content (AvgIpc) is 3.46. The molecule has 0 bridgehead atoms. The molecule has 9 heteroatoms. The van der Waals surface area contributed by atoms with Crippen LogP contribution in [0, 0.1) is 0 Å². The smallest absolute Gasteiger partial charge is 0.306 e. The second-order valence-corrected chi connectivity index (χ2v) is 24.4. The van der Waals surface area contributed by atoms with E-state index in [9.17, 15) is 19.5 Å². The molecule has 0 aromatic rings. The summed E-state index contributed by atoms with van der Waals surface area (Å²) in [5.41, 5.74) is 0. The summed E-state index contributed by atoms with van der Waals surface area (Å²) in [6.07, 6.45) is 83.9. The molecule has 0 radical (unpaired) electrons. The number of carbonyl (C=O) groups excluding carboxylic acids is 3. The van der Waals surface area contributed by atoms with E-state index in [1.165, 1.54) is 186 Å². The summed E-state index contributed by atoms with van der Waals surface area (Å²) in [6.45, 7) is 4.63. The van der Waals surface area contributed by atoms with Gasteiger partial charge in [-0.2, -0.15) is 0 Å². The molecule has 0 N–H and O–H groups in total. The number of allylic oxidation sites excluding steroid dienone is 14. The molecule has 0 rings (SSSR count). The van der Waals surface area contributed by atoms with Crippen molar-refractivity contribution in [3.63, 3.8) is 0 Å². The van der Waals surface area contributed by atoms with E-state index in [-0.39, 0.29) is 38.6 Å². The fourth-order valence-electron chi connectivity index (χ4n) is 9.83. The van der Waals surface area contributed by atoms with Crippen molar-refractivity contribution in [3.8, 4) is 0 Å². The summed E-state index contributed by atoms with van der Waals surface area (Å²) in [5.74, 6) is -2.30. The van der Waals surface area contributed by atoms with Crippen LogP contribution in [0.1, 0.15) is 309 Å². The molecule has 0 aromatic heterocycles. The van der Waals surface area contributed by atoms with Crippen molar-refractivity contribution in [2.24, 2.45) is 0 Å². The van der Waals surface area contributed by atoms with Crippen LogP contribution in [0.4, 0.5) is 0 Å². The number of likely N-dealkylation sites (N-methyl/N-ethyl adjacent to an activating group) is 1. The second-order valence-electron chi connectivity index (χ2n) is 24.4. The molecule has 0 aromatic carbocycles. The first-order valence-corrected chi connectivity index (χ1v) is 34.7. The number of esters is 2. The van der Waals surface area contributed by atoms with Crippen LogP contribution in [-0.4, -0.2) is 82.3 Å². The van der Waals surface area contributed by atoms with Gasteiger partial charge in [0.1, 0.15) is 13.2 Å². The number of hydrogen-bond donors (Lipinski definition) is 0. The van der Waals surface area contributed by atoms with Gasteiger partial charge in [-0.05, 0) is 89.9 Å². The lowest BCUT2D eigenvalue weighted by Crippen LogP contribution is -2.44. The summed E-state index contributed by atoms with van der Waals surface area (Å²) >= 11 is 0. The van der Waals surface area contributed by atoms with E-state index in [1.54, 1.807) is 0 Å². The number of ether oxygens (including phenoxy) is 4. The summed E-state index contributed by atoms with van der Waals surface area (Å²) < 4.78 is 22.8. The molecular weight excluding hydrogens is 1030 g/mol. The minimum Gasteiger partial charge on any atom is -0.545 e. The summed E-state index contributed by atoms with van der Waals surface area (Å²) in [5, 5.41) is 11.8. The Balaban J connectivity index is 4.04. The molecule has 0 aliphatic heterocycles. The van der Waals surface area contributed by atoms with E-state index in [1.807, 2.05) is 21.1 Å². The van der Waals surface area contributed by atoms with Crippen LogP contribution in [0.3, 0.4) is 0 Å². The number of hydrogen-bond acceptors (Lipinski definition) is 8. The third-order valence-corrected chi connectivity index (χ3v) is 15.1. The number of aliphatic carboxylic acids is 1. The zero-order valence-corrected chi connectivity index (χ0v) is 54.8. The highest BCUT2D eigenvalue weighted by molar-refractivity contribution is 5.70. The minimum atomic E-state index is -1.63. The number of unbranched alkanes of at least 4 members (excludes halogenated alkanes) is 35. The van der Waals surface area contributed by atoms with E-state index >= 15 is 0 Å². The molecule has 2 atom stereocenters. The Kier molecular flexibility index (Phi) is 61.7. The quantitative estimate of drug-likeness (QED) is 0.0195. The van der Waals surface area contributed by atoms with Gasteiger partial charge >= 0.3 is 11.9 Å². The van der Waals surface area contributed by atoms with Gasteiger partial charge in [0.15, 0.2) is 12.4 Å². The number of quaternary nitrogens is 1. The highest BCUT2D eigenvalue weighted by Gasteiger charge is 2.22. The first-order chi connectivity index (χ1) is 40.6. The highest BCUT2D eigenvalue weighted by Crippen LogP contribution is 2.18. The lowest BCUT2D eigenvalue weighted by atomic mass is 10.0. The van der Waals surface area contributed by atoms with E-state index in [0.29, 0.717) is 17.4 Å². The van der Waals surface area contributed by atoms with Crippen molar-refractivity contribution >= 4 is 17.9 Å². The van der Waals surface area contributed by atoms with Crippen molar-refractivity contribution in [1.29, 1.82) is 0 Å². The molecule has 0 heterocycles. The van der Waals surface area contributed by atoms with Gasteiger partial charge in [-0.15, -0.1) is 0 Å². The fraction of sp³-hybridized carbons (Fsp3) is 0.770. The molecule has 0 aliphatic rings. The Hall–Kier alpha value is -3.53.